The van der Waals surface area contributed by atoms with Gasteiger partial charge < -0.3 is 25.6 Å². The highest BCUT2D eigenvalue weighted by atomic mass is 19.1. The molecule has 0 radical (unpaired) electrons. The monoisotopic (exact) mass is 322 g/mol. The molecule has 1 atom stereocenters. The third kappa shape index (κ3) is 7.89. The number of esters is 1. The Labute approximate surface area is 128 Å². The summed E-state index contributed by atoms with van der Waals surface area (Å²) in [5, 5.41) is 23.5. The van der Waals surface area contributed by atoms with Crippen LogP contribution in [0.15, 0.2) is 0 Å². The Bertz CT molecular complexity index is 389. The van der Waals surface area contributed by atoms with Crippen molar-refractivity contribution in [1.29, 1.82) is 0 Å². The van der Waals surface area contributed by atoms with E-state index in [1.807, 2.05) is 0 Å². The molecular weight excluding hydrogens is 299 g/mol. The summed E-state index contributed by atoms with van der Waals surface area (Å²) in [4.78, 5) is 33.5. The zero-order valence-electron chi connectivity index (χ0n) is 12.7. The van der Waals surface area contributed by atoms with E-state index in [4.69, 9.17) is 5.11 Å². The van der Waals surface area contributed by atoms with Gasteiger partial charge in [-0.15, -0.1) is 0 Å². The molecule has 8 nitrogen and oxygen atoms in total. The lowest BCUT2D eigenvalue weighted by molar-refractivity contribution is -0.145. The second kappa shape index (κ2) is 10.1. The van der Waals surface area contributed by atoms with Crippen molar-refractivity contribution in [2.45, 2.75) is 26.4 Å². The maximum absolute atomic E-state index is 11.8. The van der Waals surface area contributed by atoms with E-state index in [1.54, 1.807) is 0 Å². The van der Waals surface area contributed by atoms with E-state index in [9.17, 15) is 23.9 Å². The molecule has 2 amide bonds. The molecule has 0 saturated carbocycles. The van der Waals surface area contributed by atoms with Crippen LogP contribution < -0.4 is 10.6 Å². The smallest absolute Gasteiger partial charge is 0.337 e. The van der Waals surface area contributed by atoms with Crippen molar-refractivity contribution in [2.24, 2.45) is 5.41 Å². The van der Waals surface area contributed by atoms with Crippen LogP contribution in [-0.4, -0.2) is 67.1 Å². The predicted molar refractivity (Wildman–Crippen MR) is 74.4 cm³/mol. The highest BCUT2D eigenvalue weighted by Crippen LogP contribution is 2.19. The zero-order chi connectivity index (χ0) is 17.2. The lowest BCUT2D eigenvalue weighted by atomic mass is 9.87. The maximum Gasteiger partial charge on any atom is 0.337 e. The van der Waals surface area contributed by atoms with Crippen LogP contribution in [0, 0.1) is 5.41 Å². The molecule has 0 spiro atoms. The van der Waals surface area contributed by atoms with Gasteiger partial charge in [-0.2, -0.15) is 0 Å². The van der Waals surface area contributed by atoms with E-state index in [2.05, 4.69) is 15.4 Å². The Morgan fingerprint density at radius 3 is 2.41 bits per heavy atom. The minimum atomic E-state index is -1.39. The summed E-state index contributed by atoms with van der Waals surface area (Å²) in [6, 6.07) is 0. The number of hydrogen-bond donors (Lipinski definition) is 4. The number of aliphatic hydroxyl groups is 2. The number of ether oxygens (including phenoxy) is 1. The number of hydrogen-bond acceptors (Lipinski definition) is 6. The van der Waals surface area contributed by atoms with Crippen LogP contribution in [0.25, 0.3) is 0 Å². The van der Waals surface area contributed by atoms with Gasteiger partial charge in [-0.25, -0.2) is 9.18 Å². The third-order valence-corrected chi connectivity index (χ3v) is 2.84. The van der Waals surface area contributed by atoms with Gasteiger partial charge in [0.2, 0.25) is 11.8 Å². The van der Waals surface area contributed by atoms with E-state index >= 15 is 0 Å². The lowest BCUT2D eigenvalue weighted by Gasteiger charge is -2.27. The Morgan fingerprint density at radius 1 is 1.23 bits per heavy atom. The molecule has 22 heavy (non-hydrogen) atoms. The molecule has 0 rings (SSSR count). The fraction of sp³-hybridized carbons (Fsp3) is 0.769. The number of carbonyl (C=O) groups excluding carboxylic acids is 3. The maximum atomic E-state index is 11.8. The van der Waals surface area contributed by atoms with Crippen LogP contribution in [0.4, 0.5) is 4.39 Å². The van der Waals surface area contributed by atoms with Gasteiger partial charge in [-0.05, 0) is 0 Å². The number of carbonyl (C=O) groups is 3. The van der Waals surface area contributed by atoms with Gasteiger partial charge >= 0.3 is 5.97 Å². The van der Waals surface area contributed by atoms with Crippen LogP contribution >= 0.6 is 0 Å². The Kier molecular flexibility index (Phi) is 9.27. The summed E-state index contributed by atoms with van der Waals surface area (Å²) in [6.45, 7) is 1.40. The number of nitrogens with one attached hydrogen (secondary N) is 2. The molecule has 0 aliphatic carbocycles. The number of alkyl halides is 1. The highest BCUT2D eigenvalue weighted by molar-refractivity contribution is 5.82. The minimum Gasteiger partial charge on any atom is -0.462 e. The summed E-state index contributed by atoms with van der Waals surface area (Å²) in [7, 11) is 0. The Hall–Kier alpha value is -1.74. The van der Waals surface area contributed by atoms with E-state index < -0.39 is 36.0 Å². The second-order valence-corrected chi connectivity index (χ2v) is 5.29. The van der Waals surface area contributed by atoms with Crippen LogP contribution in [-0.2, 0) is 19.1 Å². The molecule has 9 heteroatoms. The molecule has 128 valence electrons. The van der Waals surface area contributed by atoms with E-state index in [0.29, 0.717) is 0 Å². The van der Waals surface area contributed by atoms with Crippen molar-refractivity contribution in [1.82, 2.24) is 10.6 Å². The lowest BCUT2D eigenvalue weighted by Crippen LogP contribution is -2.46. The average molecular weight is 322 g/mol. The fourth-order valence-corrected chi connectivity index (χ4v) is 1.32. The van der Waals surface area contributed by atoms with Crippen molar-refractivity contribution in [3.8, 4) is 0 Å². The van der Waals surface area contributed by atoms with Crippen molar-refractivity contribution in [3.05, 3.63) is 0 Å². The molecule has 0 bridgehead atoms. The average Bonchev–Trinajstić information content (AvgIpc) is 2.50. The van der Waals surface area contributed by atoms with Crippen LogP contribution in [0.2, 0.25) is 0 Å². The van der Waals surface area contributed by atoms with E-state index in [0.717, 1.165) is 0 Å². The standard InChI is InChI=1S/C13H23FN2O6/c1-13(2,8-17)11(20)12(21)16-4-3-9(18)15-5-6-22-10(19)7-14/h11,17,20H,3-8H2,1-2H3,(H,15,18)(H,16,21)/t11-/m1/s1. The van der Waals surface area contributed by atoms with E-state index in [1.165, 1.54) is 13.8 Å². The summed E-state index contributed by atoms with van der Waals surface area (Å²) in [6.07, 6.45) is -1.42. The molecular formula is C13H23FN2O6. The van der Waals surface area contributed by atoms with E-state index in [-0.39, 0.29) is 32.7 Å². The van der Waals surface area contributed by atoms with Crippen molar-refractivity contribution >= 4 is 17.8 Å². The summed E-state index contributed by atoms with van der Waals surface area (Å²) >= 11 is 0. The molecule has 0 unspecified atom stereocenters. The summed E-state index contributed by atoms with van der Waals surface area (Å²) in [5.41, 5.74) is -0.980. The van der Waals surface area contributed by atoms with Crippen molar-refractivity contribution in [3.63, 3.8) is 0 Å². The first kappa shape index (κ1) is 20.3. The van der Waals surface area contributed by atoms with Crippen LogP contribution in [0.1, 0.15) is 20.3 Å². The molecule has 0 aliphatic heterocycles. The molecule has 0 aromatic heterocycles. The van der Waals surface area contributed by atoms with Crippen molar-refractivity contribution in [2.75, 3.05) is 33.0 Å². The summed E-state index contributed by atoms with van der Waals surface area (Å²) < 4.78 is 16.2. The van der Waals surface area contributed by atoms with Gasteiger partial charge in [0.1, 0.15) is 12.7 Å². The first-order valence-electron chi connectivity index (χ1n) is 6.79. The highest BCUT2D eigenvalue weighted by Gasteiger charge is 2.32. The molecule has 0 aliphatic rings. The molecule has 0 aromatic carbocycles. The SMILES string of the molecule is CC(C)(CO)[C@H](O)C(=O)NCCC(=O)NCCOC(=O)CF. The first-order valence-corrected chi connectivity index (χ1v) is 6.79. The second-order valence-electron chi connectivity index (χ2n) is 5.29. The van der Waals surface area contributed by atoms with Gasteiger partial charge in [0.15, 0.2) is 6.67 Å². The number of rotatable bonds is 10. The Morgan fingerprint density at radius 2 is 1.86 bits per heavy atom. The predicted octanol–water partition coefficient (Wildman–Crippen LogP) is -1.50. The van der Waals surface area contributed by atoms with Gasteiger partial charge in [-0.1, -0.05) is 13.8 Å². The van der Waals surface area contributed by atoms with Crippen LogP contribution in [0.5, 0.6) is 0 Å². The normalized spacial score (nSPS) is 12.4. The molecule has 0 aromatic rings. The third-order valence-electron chi connectivity index (χ3n) is 2.84. The molecule has 0 heterocycles. The zero-order valence-corrected chi connectivity index (χ0v) is 12.7. The number of aliphatic hydroxyl groups excluding tert-OH is 2. The number of amides is 2. The fourth-order valence-electron chi connectivity index (χ4n) is 1.32. The molecule has 0 saturated heterocycles. The molecule has 0 fully saturated rings. The largest absolute Gasteiger partial charge is 0.462 e. The van der Waals surface area contributed by atoms with Gasteiger partial charge in [0.05, 0.1) is 13.2 Å². The quantitative estimate of drug-likeness (QED) is 0.287. The topological polar surface area (TPSA) is 125 Å². The van der Waals surface area contributed by atoms with Gasteiger partial charge in [0.25, 0.3) is 0 Å². The number of halogens is 1. The summed E-state index contributed by atoms with van der Waals surface area (Å²) in [5.74, 6) is -2.07. The van der Waals surface area contributed by atoms with Gasteiger partial charge in [0, 0.05) is 18.4 Å². The van der Waals surface area contributed by atoms with Gasteiger partial charge in [-0.3, -0.25) is 9.59 Å². The molecule has 4 N–H and O–H groups in total. The minimum absolute atomic E-state index is 0.00744. The van der Waals surface area contributed by atoms with Crippen molar-refractivity contribution < 1.29 is 33.7 Å². The Balaban J connectivity index is 3.84. The first-order chi connectivity index (χ1) is 10.2. The van der Waals surface area contributed by atoms with Crippen LogP contribution in [0.3, 0.4) is 0 Å².